The predicted molar refractivity (Wildman–Crippen MR) is 69.4 cm³/mol. The summed E-state index contributed by atoms with van der Waals surface area (Å²) in [4.78, 5) is 18.4. The van der Waals surface area contributed by atoms with Crippen molar-refractivity contribution < 1.29 is 17.6 Å². The number of alkyl halides is 3. The van der Waals surface area contributed by atoms with Crippen LogP contribution < -0.4 is 5.56 Å². The van der Waals surface area contributed by atoms with Crippen LogP contribution in [0.1, 0.15) is 23.9 Å². The van der Waals surface area contributed by atoms with Crippen molar-refractivity contribution in [3.8, 4) is 11.3 Å². The van der Waals surface area contributed by atoms with Crippen molar-refractivity contribution in [1.29, 1.82) is 0 Å². The summed E-state index contributed by atoms with van der Waals surface area (Å²) in [5.41, 5.74) is -1.19. The minimum atomic E-state index is -4.76. The Morgan fingerprint density at radius 3 is 2.48 bits per heavy atom. The van der Waals surface area contributed by atoms with E-state index >= 15 is 0 Å². The number of hydrogen-bond donors (Lipinski definition) is 1. The van der Waals surface area contributed by atoms with E-state index in [1.165, 1.54) is 6.92 Å². The molecule has 0 fully saturated rings. The molecule has 112 valence electrons. The van der Waals surface area contributed by atoms with Crippen LogP contribution in [-0.2, 0) is 12.6 Å². The first-order chi connectivity index (χ1) is 9.74. The maximum Gasteiger partial charge on any atom is 0.419 e. The topological polar surface area (TPSA) is 45.8 Å². The molecular weight excluding hydrogens is 288 g/mol. The van der Waals surface area contributed by atoms with E-state index in [4.69, 9.17) is 0 Å². The lowest BCUT2D eigenvalue weighted by molar-refractivity contribution is -0.139. The van der Waals surface area contributed by atoms with Crippen LogP contribution >= 0.6 is 0 Å². The van der Waals surface area contributed by atoms with Crippen LogP contribution in [0.2, 0.25) is 0 Å². The average Bonchev–Trinajstić information content (AvgIpc) is 2.40. The van der Waals surface area contributed by atoms with Crippen molar-refractivity contribution in [2.45, 2.75) is 26.4 Å². The summed E-state index contributed by atoms with van der Waals surface area (Å²) >= 11 is 0. The lowest BCUT2D eigenvalue weighted by Gasteiger charge is -2.11. The Kier molecular flexibility index (Phi) is 3.85. The third kappa shape index (κ3) is 2.96. The number of aryl methyl sites for hydroxylation is 1. The number of benzene rings is 1. The van der Waals surface area contributed by atoms with Gasteiger partial charge in [-0.05, 0) is 19.1 Å². The van der Waals surface area contributed by atoms with Gasteiger partial charge in [-0.2, -0.15) is 13.2 Å². The first kappa shape index (κ1) is 15.2. The van der Waals surface area contributed by atoms with Crippen molar-refractivity contribution in [2.75, 3.05) is 0 Å². The number of halogens is 4. The molecule has 0 saturated heterocycles. The van der Waals surface area contributed by atoms with Gasteiger partial charge in [0, 0.05) is 17.5 Å². The molecule has 21 heavy (non-hydrogen) atoms. The quantitative estimate of drug-likeness (QED) is 0.863. The van der Waals surface area contributed by atoms with Crippen LogP contribution in [0.25, 0.3) is 11.3 Å². The Morgan fingerprint density at radius 1 is 1.29 bits per heavy atom. The molecule has 7 heteroatoms. The molecule has 0 amide bonds. The molecule has 0 radical (unpaired) electrons. The highest BCUT2D eigenvalue weighted by molar-refractivity contribution is 5.63. The summed E-state index contributed by atoms with van der Waals surface area (Å²) in [6.45, 7) is 3.25. The average molecular weight is 300 g/mol. The molecule has 2 rings (SSSR count). The summed E-state index contributed by atoms with van der Waals surface area (Å²) in [7, 11) is 0. The van der Waals surface area contributed by atoms with E-state index in [1.54, 1.807) is 6.92 Å². The number of nitrogens with one attached hydrogen (secondary N) is 1. The van der Waals surface area contributed by atoms with Crippen LogP contribution in [0, 0.1) is 12.7 Å². The minimum absolute atomic E-state index is 0.138. The van der Waals surface area contributed by atoms with Crippen LogP contribution in [0.15, 0.2) is 23.0 Å². The SMILES string of the molecule is CCc1nc(-c2ccc(C(F)(F)F)c(F)c2)c(C)c(=O)[nH]1. The summed E-state index contributed by atoms with van der Waals surface area (Å²) in [6, 6.07) is 2.51. The predicted octanol–water partition coefficient (Wildman–Crippen LogP) is 3.47. The molecule has 0 unspecified atom stereocenters. The van der Waals surface area contributed by atoms with Gasteiger partial charge in [0.15, 0.2) is 0 Å². The van der Waals surface area contributed by atoms with Crippen molar-refractivity contribution in [1.82, 2.24) is 9.97 Å². The molecule has 0 atom stereocenters. The number of nitrogens with zero attached hydrogens (tertiary/aromatic N) is 1. The maximum atomic E-state index is 13.6. The molecule has 0 aliphatic heterocycles. The van der Waals surface area contributed by atoms with E-state index in [9.17, 15) is 22.4 Å². The largest absolute Gasteiger partial charge is 0.419 e. The van der Waals surface area contributed by atoms with E-state index in [-0.39, 0.29) is 16.8 Å². The standard InChI is InChI=1S/C14H12F4N2O/c1-3-11-19-12(7(2)13(21)20-11)8-4-5-9(10(15)6-8)14(16,17)18/h4-6H,3H2,1-2H3,(H,19,20,21). The van der Waals surface area contributed by atoms with E-state index < -0.39 is 23.1 Å². The summed E-state index contributed by atoms with van der Waals surface area (Å²) < 4.78 is 51.2. The number of aromatic nitrogens is 2. The zero-order valence-corrected chi connectivity index (χ0v) is 11.3. The molecule has 3 nitrogen and oxygen atoms in total. The van der Waals surface area contributed by atoms with Gasteiger partial charge in [0.1, 0.15) is 11.6 Å². The number of rotatable bonds is 2. The smallest absolute Gasteiger partial charge is 0.310 e. The van der Waals surface area contributed by atoms with Crippen LogP contribution in [0.5, 0.6) is 0 Å². The molecule has 2 aromatic rings. The van der Waals surface area contributed by atoms with E-state index in [0.29, 0.717) is 18.3 Å². The molecule has 0 aliphatic carbocycles. The normalized spacial score (nSPS) is 11.7. The molecule has 0 aliphatic rings. The molecule has 0 bridgehead atoms. The lowest BCUT2D eigenvalue weighted by atomic mass is 10.0. The Morgan fingerprint density at radius 2 is 1.95 bits per heavy atom. The Labute approximate surface area is 117 Å². The highest BCUT2D eigenvalue weighted by Gasteiger charge is 2.34. The van der Waals surface area contributed by atoms with Gasteiger partial charge in [0.2, 0.25) is 0 Å². The van der Waals surface area contributed by atoms with Crippen molar-refractivity contribution >= 4 is 0 Å². The van der Waals surface area contributed by atoms with Crippen molar-refractivity contribution in [3.63, 3.8) is 0 Å². The van der Waals surface area contributed by atoms with Crippen molar-refractivity contribution in [3.05, 3.63) is 51.3 Å². The van der Waals surface area contributed by atoms with Gasteiger partial charge >= 0.3 is 6.18 Å². The fourth-order valence-electron chi connectivity index (χ4n) is 1.92. The van der Waals surface area contributed by atoms with Gasteiger partial charge in [-0.3, -0.25) is 4.79 Å². The zero-order valence-electron chi connectivity index (χ0n) is 11.3. The summed E-state index contributed by atoms with van der Waals surface area (Å²) in [6.07, 6.45) is -4.31. The summed E-state index contributed by atoms with van der Waals surface area (Å²) in [5.74, 6) is -1.000. The summed E-state index contributed by atoms with van der Waals surface area (Å²) in [5, 5.41) is 0. The second-order valence-corrected chi connectivity index (χ2v) is 4.53. The molecule has 1 heterocycles. The zero-order chi connectivity index (χ0) is 15.8. The van der Waals surface area contributed by atoms with Gasteiger partial charge in [0.25, 0.3) is 5.56 Å². The Bertz CT molecular complexity index is 735. The van der Waals surface area contributed by atoms with Crippen LogP contribution in [0.4, 0.5) is 17.6 Å². The van der Waals surface area contributed by atoms with Gasteiger partial charge in [-0.25, -0.2) is 9.37 Å². The van der Waals surface area contributed by atoms with Gasteiger partial charge in [0.05, 0.1) is 11.3 Å². The Hall–Kier alpha value is -2.18. The molecule has 1 aromatic carbocycles. The third-order valence-corrected chi connectivity index (χ3v) is 3.08. The number of H-pyrrole nitrogens is 1. The number of aromatic amines is 1. The fraction of sp³-hybridized carbons (Fsp3) is 0.286. The first-order valence-electron chi connectivity index (χ1n) is 6.21. The second-order valence-electron chi connectivity index (χ2n) is 4.53. The maximum absolute atomic E-state index is 13.6. The van der Waals surface area contributed by atoms with Crippen LogP contribution in [-0.4, -0.2) is 9.97 Å². The third-order valence-electron chi connectivity index (χ3n) is 3.08. The lowest BCUT2D eigenvalue weighted by Crippen LogP contribution is -2.16. The first-order valence-corrected chi connectivity index (χ1v) is 6.21. The highest BCUT2D eigenvalue weighted by Crippen LogP contribution is 2.33. The highest BCUT2D eigenvalue weighted by atomic mass is 19.4. The van der Waals surface area contributed by atoms with E-state index in [2.05, 4.69) is 9.97 Å². The van der Waals surface area contributed by atoms with E-state index in [1.807, 2.05) is 0 Å². The van der Waals surface area contributed by atoms with Crippen LogP contribution in [0.3, 0.4) is 0 Å². The second kappa shape index (κ2) is 5.31. The van der Waals surface area contributed by atoms with Gasteiger partial charge in [-0.15, -0.1) is 0 Å². The van der Waals surface area contributed by atoms with E-state index in [0.717, 1.165) is 12.1 Å². The molecule has 0 saturated carbocycles. The Balaban J connectivity index is 2.61. The molecular formula is C14H12F4N2O. The van der Waals surface area contributed by atoms with Crippen molar-refractivity contribution in [2.24, 2.45) is 0 Å². The number of hydrogen-bond acceptors (Lipinski definition) is 2. The molecule has 1 aromatic heterocycles. The van der Waals surface area contributed by atoms with Gasteiger partial charge in [-0.1, -0.05) is 13.0 Å². The minimum Gasteiger partial charge on any atom is -0.310 e. The fourth-order valence-corrected chi connectivity index (χ4v) is 1.92. The molecule has 0 spiro atoms. The molecule has 1 N–H and O–H groups in total. The van der Waals surface area contributed by atoms with Gasteiger partial charge < -0.3 is 4.98 Å². The monoisotopic (exact) mass is 300 g/mol.